The molecule has 0 aliphatic rings. The molecular weight excluding hydrogens is 276 g/mol. The fraction of sp³-hybridized carbons (Fsp3) is 0.571. The highest BCUT2D eigenvalue weighted by Crippen LogP contribution is 2.30. The second-order valence-corrected chi connectivity index (χ2v) is 7.51. The minimum Gasteiger partial charge on any atom is -0.496 e. The summed E-state index contributed by atoms with van der Waals surface area (Å²) in [4.78, 5) is 0. The Bertz CT molecular complexity index is 398. The number of methoxy groups -OCH3 is 2. The van der Waals surface area contributed by atoms with Crippen molar-refractivity contribution in [2.45, 2.75) is 19.4 Å². The standard InChI is InChI=1S/C14H24O5Si/c1-11-13(15-2)9-12(10-14(11)16-3)7-8-20(17-4,18-5)19-6/h9-10H,7-8H2,1-6H3. The van der Waals surface area contributed by atoms with Crippen molar-refractivity contribution in [3.05, 3.63) is 23.3 Å². The van der Waals surface area contributed by atoms with Crippen LogP contribution in [0.15, 0.2) is 12.1 Å². The van der Waals surface area contributed by atoms with E-state index in [4.69, 9.17) is 22.8 Å². The van der Waals surface area contributed by atoms with Crippen LogP contribution in [0.1, 0.15) is 11.1 Å². The van der Waals surface area contributed by atoms with Crippen LogP contribution in [0.3, 0.4) is 0 Å². The van der Waals surface area contributed by atoms with Crippen molar-refractivity contribution in [2.75, 3.05) is 35.5 Å². The highest BCUT2D eigenvalue weighted by atomic mass is 28.4. The molecule has 1 rings (SSSR count). The zero-order chi connectivity index (χ0) is 15.2. The molecule has 0 bridgehead atoms. The van der Waals surface area contributed by atoms with E-state index in [1.807, 2.05) is 19.1 Å². The first kappa shape index (κ1) is 17.0. The third-order valence-corrected chi connectivity index (χ3v) is 6.19. The van der Waals surface area contributed by atoms with Gasteiger partial charge in [-0.1, -0.05) is 0 Å². The number of hydrogen-bond acceptors (Lipinski definition) is 5. The molecule has 0 amide bonds. The minimum atomic E-state index is -2.55. The topological polar surface area (TPSA) is 46.2 Å². The lowest BCUT2D eigenvalue weighted by atomic mass is 10.1. The Morgan fingerprint density at radius 3 is 1.65 bits per heavy atom. The summed E-state index contributed by atoms with van der Waals surface area (Å²) in [7, 11) is 5.62. The van der Waals surface area contributed by atoms with Crippen molar-refractivity contribution in [3.8, 4) is 11.5 Å². The molecule has 0 radical (unpaired) electrons. The molecule has 0 aliphatic carbocycles. The minimum absolute atomic E-state index is 0.700. The van der Waals surface area contributed by atoms with E-state index in [0.29, 0.717) is 6.04 Å². The molecule has 0 saturated heterocycles. The van der Waals surface area contributed by atoms with Crippen LogP contribution in [-0.2, 0) is 19.7 Å². The van der Waals surface area contributed by atoms with Gasteiger partial charge in [0.1, 0.15) is 11.5 Å². The Labute approximate surface area is 122 Å². The Balaban J connectivity index is 2.92. The molecule has 0 saturated carbocycles. The summed E-state index contributed by atoms with van der Waals surface area (Å²) in [5.41, 5.74) is 2.10. The smallest absolute Gasteiger partial charge is 0.496 e. The number of hydrogen-bond donors (Lipinski definition) is 0. The summed E-state index contributed by atoms with van der Waals surface area (Å²) >= 11 is 0. The number of rotatable bonds is 8. The summed E-state index contributed by atoms with van der Waals surface area (Å²) in [5.74, 6) is 1.64. The van der Waals surface area contributed by atoms with E-state index < -0.39 is 8.80 Å². The summed E-state index contributed by atoms with van der Waals surface area (Å²) in [6.45, 7) is 1.97. The third kappa shape index (κ3) is 3.73. The predicted molar refractivity (Wildman–Crippen MR) is 79.6 cm³/mol. The van der Waals surface area contributed by atoms with Gasteiger partial charge in [0.05, 0.1) is 14.2 Å². The quantitative estimate of drug-likeness (QED) is 0.690. The second-order valence-electron chi connectivity index (χ2n) is 4.42. The lowest BCUT2D eigenvalue weighted by molar-refractivity contribution is 0.123. The Hall–Kier alpha value is -1.08. The van der Waals surface area contributed by atoms with Crippen molar-refractivity contribution in [1.29, 1.82) is 0 Å². The van der Waals surface area contributed by atoms with Crippen molar-refractivity contribution >= 4 is 8.80 Å². The van der Waals surface area contributed by atoms with Crippen molar-refractivity contribution in [2.24, 2.45) is 0 Å². The van der Waals surface area contributed by atoms with E-state index in [9.17, 15) is 0 Å². The van der Waals surface area contributed by atoms with Crippen molar-refractivity contribution < 1.29 is 22.8 Å². The van der Waals surface area contributed by atoms with Crippen molar-refractivity contribution in [1.82, 2.24) is 0 Å². The maximum Gasteiger partial charge on any atom is 0.500 e. The molecule has 20 heavy (non-hydrogen) atoms. The van der Waals surface area contributed by atoms with Gasteiger partial charge in [-0.3, -0.25) is 0 Å². The molecule has 0 heterocycles. The normalized spacial score (nSPS) is 11.5. The summed E-state index contributed by atoms with van der Waals surface area (Å²) < 4.78 is 27.0. The molecule has 0 fully saturated rings. The Morgan fingerprint density at radius 1 is 0.850 bits per heavy atom. The van der Waals surface area contributed by atoms with Gasteiger partial charge in [0.25, 0.3) is 0 Å². The molecule has 0 unspecified atom stereocenters. The highest BCUT2D eigenvalue weighted by molar-refractivity contribution is 6.60. The lowest BCUT2D eigenvalue weighted by Gasteiger charge is -2.24. The number of benzene rings is 1. The maximum absolute atomic E-state index is 5.43. The monoisotopic (exact) mass is 300 g/mol. The first-order chi connectivity index (χ1) is 9.55. The molecule has 114 valence electrons. The van der Waals surface area contributed by atoms with Gasteiger partial charge in [-0.2, -0.15) is 0 Å². The van der Waals surface area contributed by atoms with Crippen LogP contribution >= 0.6 is 0 Å². The van der Waals surface area contributed by atoms with Gasteiger partial charge in [0.15, 0.2) is 0 Å². The van der Waals surface area contributed by atoms with Gasteiger partial charge in [0, 0.05) is 32.9 Å². The average molecular weight is 300 g/mol. The van der Waals surface area contributed by atoms with Gasteiger partial charge in [-0.15, -0.1) is 0 Å². The van der Waals surface area contributed by atoms with E-state index in [1.165, 1.54) is 0 Å². The van der Waals surface area contributed by atoms with Crippen LogP contribution < -0.4 is 9.47 Å². The van der Waals surface area contributed by atoms with Crippen molar-refractivity contribution in [3.63, 3.8) is 0 Å². The fourth-order valence-electron chi connectivity index (χ4n) is 2.14. The molecule has 0 aromatic heterocycles. The predicted octanol–water partition coefficient (Wildman–Crippen LogP) is 2.43. The van der Waals surface area contributed by atoms with Crippen LogP contribution in [0.2, 0.25) is 6.04 Å². The van der Waals surface area contributed by atoms with Gasteiger partial charge in [-0.05, 0) is 31.0 Å². The number of ether oxygens (including phenoxy) is 2. The molecule has 0 spiro atoms. The van der Waals surface area contributed by atoms with Crippen LogP contribution in [0.5, 0.6) is 11.5 Å². The molecule has 0 N–H and O–H groups in total. The van der Waals surface area contributed by atoms with Gasteiger partial charge in [-0.25, -0.2) is 0 Å². The molecule has 1 aromatic carbocycles. The molecular formula is C14H24O5Si. The van der Waals surface area contributed by atoms with Gasteiger partial charge >= 0.3 is 8.80 Å². The van der Waals surface area contributed by atoms with E-state index in [1.54, 1.807) is 35.5 Å². The van der Waals surface area contributed by atoms with Crippen LogP contribution in [0.25, 0.3) is 0 Å². The Kier molecular flexibility index (Phi) is 6.48. The molecule has 5 nitrogen and oxygen atoms in total. The molecule has 1 aromatic rings. The van der Waals surface area contributed by atoms with Crippen LogP contribution in [0, 0.1) is 6.92 Å². The van der Waals surface area contributed by atoms with Crippen LogP contribution in [-0.4, -0.2) is 44.4 Å². The molecule has 0 atom stereocenters. The van der Waals surface area contributed by atoms with E-state index in [-0.39, 0.29) is 0 Å². The molecule has 6 heteroatoms. The highest BCUT2D eigenvalue weighted by Gasteiger charge is 2.37. The zero-order valence-electron chi connectivity index (χ0n) is 13.1. The fourth-order valence-corrected chi connectivity index (χ4v) is 3.85. The van der Waals surface area contributed by atoms with Crippen LogP contribution in [0.4, 0.5) is 0 Å². The summed E-state index contributed by atoms with van der Waals surface area (Å²) in [6, 6.07) is 4.72. The summed E-state index contributed by atoms with van der Waals surface area (Å²) in [5, 5.41) is 0. The number of aryl methyl sites for hydroxylation is 1. The summed E-state index contributed by atoms with van der Waals surface area (Å²) in [6.07, 6.45) is 0.773. The first-order valence-electron chi connectivity index (χ1n) is 6.42. The SMILES string of the molecule is COc1cc(CC[Si](OC)(OC)OC)cc(OC)c1C. The van der Waals surface area contributed by atoms with Gasteiger partial charge < -0.3 is 22.8 Å². The maximum atomic E-state index is 5.43. The first-order valence-corrected chi connectivity index (χ1v) is 8.36. The third-order valence-electron chi connectivity index (χ3n) is 3.46. The van der Waals surface area contributed by atoms with Gasteiger partial charge in [0.2, 0.25) is 0 Å². The second kappa shape index (κ2) is 7.63. The zero-order valence-corrected chi connectivity index (χ0v) is 14.1. The lowest BCUT2D eigenvalue weighted by Crippen LogP contribution is -2.43. The van der Waals surface area contributed by atoms with E-state index >= 15 is 0 Å². The largest absolute Gasteiger partial charge is 0.500 e. The van der Waals surface area contributed by atoms with E-state index in [2.05, 4.69) is 0 Å². The Morgan fingerprint density at radius 2 is 1.30 bits per heavy atom. The van der Waals surface area contributed by atoms with E-state index in [0.717, 1.165) is 29.0 Å². The molecule has 0 aliphatic heterocycles. The average Bonchev–Trinajstić information content (AvgIpc) is 2.50.